The first-order valence-corrected chi connectivity index (χ1v) is 10.3. The number of nitrogens with one attached hydrogen (secondary N) is 1. The number of pyridine rings is 2. The van der Waals surface area contributed by atoms with Crippen molar-refractivity contribution in [3.63, 3.8) is 0 Å². The summed E-state index contributed by atoms with van der Waals surface area (Å²) in [4.78, 5) is 31.7. The predicted molar refractivity (Wildman–Crippen MR) is 127 cm³/mol. The van der Waals surface area contributed by atoms with Crippen molar-refractivity contribution < 1.29 is 4.79 Å². The Bertz CT molecular complexity index is 1680. The van der Waals surface area contributed by atoms with Crippen LogP contribution in [0.2, 0.25) is 0 Å². The SMILES string of the molecule is Cc1ccc(NC(=O)c2ccc3nc4c5cccnc5c5ncccc5c4nc3c2)cc1. The Kier molecular flexibility index (Phi) is 4.04. The monoisotopic (exact) mass is 415 g/mol. The van der Waals surface area contributed by atoms with Crippen LogP contribution in [0.15, 0.2) is 79.1 Å². The van der Waals surface area contributed by atoms with Gasteiger partial charge in [0.25, 0.3) is 5.91 Å². The van der Waals surface area contributed by atoms with Gasteiger partial charge < -0.3 is 5.32 Å². The second-order valence-corrected chi connectivity index (χ2v) is 7.74. The molecule has 6 heteroatoms. The fourth-order valence-corrected chi connectivity index (χ4v) is 3.98. The highest BCUT2D eigenvalue weighted by atomic mass is 16.1. The number of benzene rings is 3. The number of amides is 1. The topological polar surface area (TPSA) is 80.7 Å². The Labute approximate surface area is 183 Å². The molecule has 32 heavy (non-hydrogen) atoms. The van der Waals surface area contributed by atoms with Crippen LogP contribution < -0.4 is 5.32 Å². The van der Waals surface area contributed by atoms with Gasteiger partial charge in [-0.15, -0.1) is 0 Å². The van der Waals surface area contributed by atoms with Crippen LogP contribution in [0, 0.1) is 6.92 Å². The van der Waals surface area contributed by atoms with Gasteiger partial charge in [0, 0.05) is 34.4 Å². The molecular weight excluding hydrogens is 398 g/mol. The average molecular weight is 415 g/mol. The minimum absolute atomic E-state index is 0.188. The fourth-order valence-electron chi connectivity index (χ4n) is 3.98. The van der Waals surface area contributed by atoms with Gasteiger partial charge in [-0.3, -0.25) is 14.8 Å². The lowest BCUT2D eigenvalue weighted by Crippen LogP contribution is -2.11. The van der Waals surface area contributed by atoms with Crippen molar-refractivity contribution in [1.82, 2.24) is 19.9 Å². The number of hydrogen-bond donors (Lipinski definition) is 1. The van der Waals surface area contributed by atoms with E-state index in [9.17, 15) is 4.79 Å². The van der Waals surface area contributed by atoms with Crippen molar-refractivity contribution in [2.45, 2.75) is 6.92 Å². The second kappa shape index (κ2) is 7.06. The Morgan fingerprint density at radius 1 is 0.719 bits per heavy atom. The number of aromatic nitrogens is 4. The minimum Gasteiger partial charge on any atom is -0.322 e. The molecule has 0 saturated heterocycles. The van der Waals surface area contributed by atoms with E-state index in [0.29, 0.717) is 11.1 Å². The number of aryl methyl sites for hydroxylation is 1. The third kappa shape index (κ3) is 2.93. The maximum Gasteiger partial charge on any atom is 0.255 e. The van der Waals surface area contributed by atoms with Crippen LogP contribution in [0.1, 0.15) is 15.9 Å². The molecule has 0 spiro atoms. The summed E-state index contributed by atoms with van der Waals surface area (Å²) < 4.78 is 0. The smallest absolute Gasteiger partial charge is 0.255 e. The zero-order chi connectivity index (χ0) is 21.7. The fraction of sp³-hybridized carbons (Fsp3) is 0.0385. The maximum absolute atomic E-state index is 12.8. The van der Waals surface area contributed by atoms with Gasteiger partial charge in [0.2, 0.25) is 0 Å². The lowest BCUT2D eigenvalue weighted by molar-refractivity contribution is 0.102. The summed E-state index contributed by atoms with van der Waals surface area (Å²) in [5.41, 5.74) is 6.91. The first-order chi connectivity index (χ1) is 15.7. The molecule has 0 radical (unpaired) electrons. The van der Waals surface area contributed by atoms with Gasteiger partial charge in [-0.1, -0.05) is 17.7 Å². The normalized spacial score (nSPS) is 11.4. The highest BCUT2D eigenvalue weighted by Crippen LogP contribution is 2.31. The van der Waals surface area contributed by atoms with Crippen LogP contribution in [-0.2, 0) is 0 Å². The summed E-state index contributed by atoms with van der Waals surface area (Å²) in [5.74, 6) is -0.188. The number of nitrogens with zero attached hydrogens (tertiary/aromatic N) is 4. The molecule has 0 unspecified atom stereocenters. The molecule has 0 aliphatic rings. The number of fused-ring (bicyclic) bond motifs is 7. The first kappa shape index (κ1) is 18.3. The van der Waals surface area contributed by atoms with Crippen molar-refractivity contribution >= 4 is 55.5 Å². The summed E-state index contributed by atoms with van der Waals surface area (Å²) in [5, 5.41) is 4.73. The van der Waals surface area contributed by atoms with Gasteiger partial charge in [0.05, 0.1) is 33.1 Å². The van der Waals surface area contributed by atoms with Gasteiger partial charge >= 0.3 is 0 Å². The first-order valence-electron chi connectivity index (χ1n) is 10.3. The Hall–Kier alpha value is -4.45. The van der Waals surface area contributed by atoms with E-state index < -0.39 is 0 Å². The molecule has 0 atom stereocenters. The lowest BCUT2D eigenvalue weighted by atomic mass is 10.1. The lowest BCUT2D eigenvalue weighted by Gasteiger charge is -2.10. The number of rotatable bonds is 2. The third-order valence-corrected chi connectivity index (χ3v) is 5.59. The van der Waals surface area contributed by atoms with Crippen molar-refractivity contribution in [1.29, 1.82) is 0 Å². The molecule has 3 heterocycles. The van der Waals surface area contributed by atoms with Crippen LogP contribution in [-0.4, -0.2) is 25.8 Å². The van der Waals surface area contributed by atoms with E-state index >= 15 is 0 Å². The molecular formula is C26H17N5O. The molecule has 1 N–H and O–H groups in total. The Balaban J connectivity index is 1.53. The number of hydrogen-bond acceptors (Lipinski definition) is 5. The number of carbonyl (C=O) groups excluding carboxylic acids is 1. The van der Waals surface area contributed by atoms with Crippen molar-refractivity contribution in [2.75, 3.05) is 5.32 Å². The summed E-state index contributed by atoms with van der Waals surface area (Å²) in [6.07, 6.45) is 3.51. The second-order valence-electron chi connectivity index (χ2n) is 7.74. The largest absolute Gasteiger partial charge is 0.322 e. The number of carbonyl (C=O) groups is 1. The van der Waals surface area contributed by atoms with Gasteiger partial charge in [-0.25, -0.2) is 9.97 Å². The summed E-state index contributed by atoms with van der Waals surface area (Å²) >= 11 is 0. The third-order valence-electron chi connectivity index (χ3n) is 5.59. The van der Waals surface area contributed by atoms with Crippen molar-refractivity contribution in [2.24, 2.45) is 0 Å². The van der Waals surface area contributed by atoms with Crippen molar-refractivity contribution in [3.8, 4) is 0 Å². The Morgan fingerprint density at radius 3 is 2.00 bits per heavy atom. The molecule has 0 bridgehead atoms. The molecule has 3 aromatic heterocycles. The standard InChI is InChI=1S/C26H17N5O/c1-15-6-9-17(10-7-15)29-26(32)16-8-11-20-21(14-16)31-25-19-5-3-13-28-23(19)22-18(24(25)30-20)4-2-12-27-22/h2-14H,1H3,(H,29,32). The summed E-state index contributed by atoms with van der Waals surface area (Å²) in [6.45, 7) is 2.01. The van der Waals surface area contributed by atoms with E-state index in [1.165, 1.54) is 0 Å². The van der Waals surface area contributed by atoms with E-state index in [1.54, 1.807) is 24.5 Å². The van der Waals surface area contributed by atoms with Crippen molar-refractivity contribution in [3.05, 3.63) is 90.3 Å². The zero-order valence-electron chi connectivity index (χ0n) is 17.2. The molecule has 0 saturated carbocycles. The molecule has 0 fully saturated rings. The Morgan fingerprint density at radius 2 is 1.34 bits per heavy atom. The molecule has 152 valence electrons. The van der Waals surface area contributed by atoms with E-state index in [1.807, 2.05) is 61.5 Å². The van der Waals surface area contributed by atoms with Crippen LogP contribution >= 0.6 is 0 Å². The van der Waals surface area contributed by atoms with E-state index in [-0.39, 0.29) is 5.91 Å². The molecule has 3 aromatic carbocycles. The van der Waals surface area contributed by atoms with Crippen LogP contribution in [0.25, 0.3) is 43.9 Å². The number of anilines is 1. The minimum atomic E-state index is -0.188. The van der Waals surface area contributed by atoms with Gasteiger partial charge in [0.15, 0.2) is 0 Å². The molecule has 0 aliphatic carbocycles. The maximum atomic E-state index is 12.8. The average Bonchev–Trinajstić information content (AvgIpc) is 2.84. The van der Waals surface area contributed by atoms with E-state index in [4.69, 9.17) is 9.97 Å². The van der Waals surface area contributed by atoms with E-state index in [2.05, 4.69) is 15.3 Å². The van der Waals surface area contributed by atoms with Crippen LogP contribution in [0.3, 0.4) is 0 Å². The summed E-state index contributed by atoms with van der Waals surface area (Å²) in [6, 6.07) is 20.8. The molecule has 1 amide bonds. The zero-order valence-corrected chi connectivity index (χ0v) is 17.2. The predicted octanol–water partition coefficient (Wildman–Crippen LogP) is 5.44. The molecule has 6 nitrogen and oxygen atoms in total. The summed E-state index contributed by atoms with van der Waals surface area (Å²) in [7, 11) is 0. The quantitative estimate of drug-likeness (QED) is 0.301. The van der Waals surface area contributed by atoms with Gasteiger partial charge in [0.1, 0.15) is 0 Å². The molecule has 0 aliphatic heterocycles. The van der Waals surface area contributed by atoms with Gasteiger partial charge in [-0.2, -0.15) is 0 Å². The molecule has 6 rings (SSSR count). The molecule has 6 aromatic rings. The highest BCUT2D eigenvalue weighted by molar-refractivity contribution is 6.21. The van der Waals surface area contributed by atoms with E-state index in [0.717, 1.165) is 49.6 Å². The van der Waals surface area contributed by atoms with Gasteiger partial charge in [-0.05, 0) is 61.5 Å². The van der Waals surface area contributed by atoms with Crippen LogP contribution in [0.5, 0.6) is 0 Å². The highest BCUT2D eigenvalue weighted by Gasteiger charge is 2.15. The van der Waals surface area contributed by atoms with Crippen LogP contribution in [0.4, 0.5) is 5.69 Å².